The summed E-state index contributed by atoms with van der Waals surface area (Å²) in [5, 5.41) is 3.80. The SMILES string of the molecule is Cc1ccc([C@@H](CN2CCOCC2)NC(=O)c2ccc(Cl)cc2)cc1. The molecule has 0 aromatic heterocycles. The van der Waals surface area contributed by atoms with Gasteiger partial charge in [0.2, 0.25) is 0 Å². The smallest absolute Gasteiger partial charge is 0.251 e. The van der Waals surface area contributed by atoms with Gasteiger partial charge in [-0.3, -0.25) is 9.69 Å². The number of halogens is 1. The molecule has 0 aliphatic carbocycles. The molecule has 5 heteroatoms. The predicted molar refractivity (Wildman–Crippen MR) is 100 cm³/mol. The largest absolute Gasteiger partial charge is 0.379 e. The molecule has 1 atom stereocenters. The predicted octanol–water partition coefficient (Wildman–Crippen LogP) is 3.45. The highest BCUT2D eigenvalue weighted by atomic mass is 35.5. The Balaban J connectivity index is 1.76. The Morgan fingerprint density at radius 2 is 1.76 bits per heavy atom. The van der Waals surface area contributed by atoms with E-state index in [1.807, 2.05) is 0 Å². The van der Waals surface area contributed by atoms with Gasteiger partial charge in [0.05, 0.1) is 19.3 Å². The molecule has 0 saturated carbocycles. The summed E-state index contributed by atoms with van der Waals surface area (Å²) in [6.07, 6.45) is 0. The Morgan fingerprint density at radius 3 is 2.40 bits per heavy atom. The van der Waals surface area contributed by atoms with Gasteiger partial charge in [0.1, 0.15) is 0 Å². The van der Waals surface area contributed by atoms with Gasteiger partial charge in [-0.2, -0.15) is 0 Å². The monoisotopic (exact) mass is 358 g/mol. The van der Waals surface area contributed by atoms with Gasteiger partial charge in [0.25, 0.3) is 5.91 Å². The van der Waals surface area contributed by atoms with Crippen LogP contribution in [0.2, 0.25) is 5.02 Å². The Morgan fingerprint density at radius 1 is 1.12 bits per heavy atom. The number of amides is 1. The summed E-state index contributed by atoms with van der Waals surface area (Å²) in [5.74, 6) is -0.0875. The molecule has 25 heavy (non-hydrogen) atoms. The molecule has 0 spiro atoms. The standard InChI is InChI=1S/C20H23ClN2O2/c1-15-2-4-16(5-3-15)19(14-23-10-12-25-13-11-23)22-20(24)17-6-8-18(21)9-7-17/h2-9,19H,10-14H2,1H3,(H,22,24)/t19-/m1/s1. The molecule has 132 valence electrons. The van der Waals surface area contributed by atoms with Gasteiger partial charge in [-0.1, -0.05) is 41.4 Å². The maximum Gasteiger partial charge on any atom is 0.251 e. The van der Waals surface area contributed by atoms with Crippen LogP contribution >= 0.6 is 11.6 Å². The molecule has 0 unspecified atom stereocenters. The maximum atomic E-state index is 12.7. The normalized spacial score (nSPS) is 16.4. The fraction of sp³-hybridized carbons (Fsp3) is 0.350. The first-order valence-corrected chi connectivity index (χ1v) is 8.93. The van der Waals surface area contributed by atoms with Crippen molar-refractivity contribution in [3.8, 4) is 0 Å². The first kappa shape index (κ1) is 17.9. The van der Waals surface area contributed by atoms with E-state index in [1.54, 1.807) is 24.3 Å². The van der Waals surface area contributed by atoms with Crippen LogP contribution in [-0.2, 0) is 4.74 Å². The van der Waals surface area contributed by atoms with Crippen molar-refractivity contribution in [2.45, 2.75) is 13.0 Å². The number of nitrogens with zero attached hydrogens (tertiary/aromatic N) is 1. The van der Waals surface area contributed by atoms with Gasteiger partial charge < -0.3 is 10.1 Å². The molecule has 0 bridgehead atoms. The first-order valence-electron chi connectivity index (χ1n) is 8.55. The molecule has 1 fully saturated rings. The highest BCUT2D eigenvalue weighted by Crippen LogP contribution is 2.18. The van der Waals surface area contributed by atoms with Crippen LogP contribution in [0.4, 0.5) is 0 Å². The quantitative estimate of drug-likeness (QED) is 0.890. The summed E-state index contributed by atoms with van der Waals surface area (Å²) in [7, 11) is 0. The molecule has 1 heterocycles. The van der Waals surface area contributed by atoms with Crippen LogP contribution in [0.25, 0.3) is 0 Å². The number of carbonyl (C=O) groups excluding carboxylic acids is 1. The summed E-state index contributed by atoms with van der Waals surface area (Å²) in [4.78, 5) is 15.0. The molecule has 2 aromatic carbocycles. The number of morpholine rings is 1. The third kappa shape index (κ3) is 5.05. The minimum absolute atomic E-state index is 0.0677. The molecule has 1 saturated heterocycles. The zero-order valence-electron chi connectivity index (χ0n) is 14.4. The number of ether oxygens (including phenoxy) is 1. The summed E-state index contributed by atoms with van der Waals surface area (Å²) >= 11 is 5.91. The third-order valence-electron chi connectivity index (χ3n) is 4.44. The van der Waals surface area contributed by atoms with Crippen molar-refractivity contribution >= 4 is 17.5 Å². The molecule has 1 amide bonds. The average molecular weight is 359 g/mol. The fourth-order valence-corrected chi connectivity index (χ4v) is 3.04. The van der Waals surface area contributed by atoms with Crippen molar-refractivity contribution in [3.05, 3.63) is 70.2 Å². The summed E-state index contributed by atoms with van der Waals surface area (Å²) in [6.45, 7) is 6.09. The highest BCUT2D eigenvalue weighted by Gasteiger charge is 2.20. The van der Waals surface area contributed by atoms with E-state index in [9.17, 15) is 4.79 Å². The van der Waals surface area contributed by atoms with Crippen LogP contribution in [0.1, 0.15) is 27.5 Å². The molecule has 4 nitrogen and oxygen atoms in total. The zero-order chi connectivity index (χ0) is 17.6. The molecular formula is C20H23ClN2O2. The number of hydrogen-bond acceptors (Lipinski definition) is 3. The molecule has 1 N–H and O–H groups in total. The Labute approximate surface area is 153 Å². The molecule has 0 radical (unpaired) electrons. The second-order valence-corrected chi connectivity index (χ2v) is 6.79. The minimum atomic E-state index is -0.0875. The van der Waals surface area contributed by atoms with Crippen LogP contribution in [0.3, 0.4) is 0 Å². The number of nitrogens with one attached hydrogen (secondary N) is 1. The summed E-state index contributed by atoms with van der Waals surface area (Å²) in [5.41, 5.74) is 2.93. The lowest BCUT2D eigenvalue weighted by molar-refractivity contribution is 0.0332. The topological polar surface area (TPSA) is 41.6 Å². The fourth-order valence-electron chi connectivity index (χ4n) is 2.92. The zero-order valence-corrected chi connectivity index (χ0v) is 15.1. The van der Waals surface area contributed by atoms with Gasteiger partial charge >= 0.3 is 0 Å². The lowest BCUT2D eigenvalue weighted by Crippen LogP contribution is -2.43. The van der Waals surface area contributed by atoms with E-state index >= 15 is 0 Å². The first-order chi connectivity index (χ1) is 12.1. The van der Waals surface area contributed by atoms with Crippen LogP contribution in [0.5, 0.6) is 0 Å². The van der Waals surface area contributed by atoms with Gasteiger partial charge in [0, 0.05) is 30.2 Å². The van der Waals surface area contributed by atoms with Crippen molar-refractivity contribution < 1.29 is 9.53 Å². The van der Waals surface area contributed by atoms with Crippen molar-refractivity contribution in [1.82, 2.24) is 10.2 Å². The van der Waals surface area contributed by atoms with Crippen LogP contribution in [-0.4, -0.2) is 43.7 Å². The lowest BCUT2D eigenvalue weighted by atomic mass is 10.0. The third-order valence-corrected chi connectivity index (χ3v) is 4.69. The van der Waals surface area contributed by atoms with E-state index in [0.29, 0.717) is 10.6 Å². The maximum absolute atomic E-state index is 12.7. The van der Waals surface area contributed by atoms with Crippen LogP contribution < -0.4 is 5.32 Å². The van der Waals surface area contributed by atoms with Crippen molar-refractivity contribution in [1.29, 1.82) is 0 Å². The molecule has 1 aliphatic rings. The van der Waals surface area contributed by atoms with Crippen molar-refractivity contribution in [3.63, 3.8) is 0 Å². The van der Waals surface area contributed by atoms with Crippen molar-refractivity contribution in [2.24, 2.45) is 0 Å². The number of hydrogen-bond donors (Lipinski definition) is 1. The molecule has 2 aromatic rings. The summed E-state index contributed by atoms with van der Waals surface area (Å²) in [6, 6.07) is 15.2. The van der Waals surface area contributed by atoms with Gasteiger partial charge in [0.15, 0.2) is 0 Å². The van der Waals surface area contributed by atoms with E-state index in [1.165, 1.54) is 5.56 Å². The lowest BCUT2D eigenvalue weighted by Gasteiger charge is -2.31. The Kier molecular flexibility index (Phi) is 6.08. The van der Waals surface area contributed by atoms with E-state index in [4.69, 9.17) is 16.3 Å². The highest BCUT2D eigenvalue weighted by molar-refractivity contribution is 6.30. The average Bonchev–Trinajstić information content (AvgIpc) is 2.63. The van der Waals surface area contributed by atoms with Gasteiger partial charge in [-0.25, -0.2) is 0 Å². The summed E-state index contributed by atoms with van der Waals surface area (Å²) < 4.78 is 5.42. The van der Waals surface area contributed by atoms with Gasteiger partial charge in [-0.15, -0.1) is 0 Å². The van der Waals surface area contributed by atoms with E-state index < -0.39 is 0 Å². The van der Waals surface area contributed by atoms with E-state index in [-0.39, 0.29) is 11.9 Å². The van der Waals surface area contributed by atoms with E-state index in [2.05, 4.69) is 41.4 Å². The number of aryl methyl sites for hydroxylation is 1. The Bertz CT molecular complexity index is 695. The Hall–Kier alpha value is -1.88. The second-order valence-electron chi connectivity index (χ2n) is 6.36. The van der Waals surface area contributed by atoms with Crippen LogP contribution in [0.15, 0.2) is 48.5 Å². The minimum Gasteiger partial charge on any atom is -0.379 e. The molecular weight excluding hydrogens is 336 g/mol. The number of benzene rings is 2. The molecule has 1 aliphatic heterocycles. The van der Waals surface area contributed by atoms with E-state index in [0.717, 1.165) is 38.4 Å². The number of rotatable bonds is 5. The number of carbonyl (C=O) groups is 1. The van der Waals surface area contributed by atoms with Crippen LogP contribution in [0, 0.1) is 6.92 Å². The molecule has 3 rings (SSSR count). The second kappa shape index (κ2) is 8.48. The van der Waals surface area contributed by atoms with Gasteiger partial charge in [-0.05, 0) is 36.8 Å². The van der Waals surface area contributed by atoms with Crippen molar-refractivity contribution in [2.75, 3.05) is 32.8 Å².